The lowest BCUT2D eigenvalue weighted by Gasteiger charge is -2.40. The van der Waals surface area contributed by atoms with Gasteiger partial charge in [0, 0.05) is 43.8 Å². The van der Waals surface area contributed by atoms with E-state index < -0.39 is 0 Å². The summed E-state index contributed by atoms with van der Waals surface area (Å²) in [5.74, 6) is 0. The zero-order chi connectivity index (χ0) is 12.5. The molecule has 2 atom stereocenters. The number of aliphatic hydroxyl groups is 1. The van der Waals surface area contributed by atoms with Gasteiger partial charge in [-0.05, 0) is 33.1 Å². The van der Waals surface area contributed by atoms with E-state index in [0.29, 0.717) is 12.1 Å². The molecule has 4 nitrogen and oxygen atoms in total. The molecule has 1 saturated carbocycles. The molecule has 0 aromatic heterocycles. The van der Waals surface area contributed by atoms with Gasteiger partial charge in [0.2, 0.25) is 0 Å². The first-order chi connectivity index (χ1) is 8.04. The van der Waals surface area contributed by atoms with Crippen LogP contribution >= 0.6 is 0 Å². The third kappa shape index (κ3) is 2.99. The van der Waals surface area contributed by atoms with Gasteiger partial charge < -0.3 is 10.8 Å². The molecule has 0 radical (unpaired) electrons. The van der Waals surface area contributed by atoms with Crippen molar-refractivity contribution in [2.45, 2.75) is 50.7 Å². The summed E-state index contributed by atoms with van der Waals surface area (Å²) in [6.45, 7) is 9.32. The predicted molar refractivity (Wildman–Crippen MR) is 69.9 cm³/mol. The van der Waals surface area contributed by atoms with Crippen LogP contribution in [-0.4, -0.2) is 65.3 Å². The van der Waals surface area contributed by atoms with Crippen LogP contribution < -0.4 is 5.73 Å². The summed E-state index contributed by atoms with van der Waals surface area (Å²) in [6, 6.07) is 1.26. The summed E-state index contributed by atoms with van der Waals surface area (Å²) < 4.78 is 0. The van der Waals surface area contributed by atoms with Gasteiger partial charge in [-0.3, -0.25) is 9.80 Å². The van der Waals surface area contributed by atoms with E-state index in [1.165, 1.54) is 13.1 Å². The molecule has 100 valence electrons. The SMILES string of the molecule is CC(C)N1CCN(C2CCC(N)(CO)C2)CC1. The van der Waals surface area contributed by atoms with Gasteiger partial charge in [0.15, 0.2) is 0 Å². The van der Waals surface area contributed by atoms with Crippen molar-refractivity contribution in [1.29, 1.82) is 0 Å². The number of aliphatic hydroxyl groups excluding tert-OH is 1. The molecule has 1 aliphatic heterocycles. The Labute approximate surface area is 105 Å². The van der Waals surface area contributed by atoms with Crippen molar-refractivity contribution in [3.63, 3.8) is 0 Å². The standard InChI is InChI=1S/C13H27N3O/c1-11(2)15-5-7-16(8-6-15)12-3-4-13(14,9-12)10-17/h11-12,17H,3-10,14H2,1-2H3. The smallest absolute Gasteiger partial charge is 0.0611 e. The van der Waals surface area contributed by atoms with Crippen molar-refractivity contribution in [3.8, 4) is 0 Å². The molecule has 0 aromatic carbocycles. The lowest BCUT2D eigenvalue weighted by Crippen LogP contribution is -2.52. The first kappa shape index (κ1) is 13.3. The minimum Gasteiger partial charge on any atom is -0.394 e. The van der Waals surface area contributed by atoms with Gasteiger partial charge in [-0.2, -0.15) is 0 Å². The highest BCUT2D eigenvalue weighted by Crippen LogP contribution is 2.31. The third-order valence-electron chi connectivity index (χ3n) is 4.53. The summed E-state index contributed by atoms with van der Waals surface area (Å²) >= 11 is 0. The van der Waals surface area contributed by atoms with Gasteiger partial charge in [-0.25, -0.2) is 0 Å². The summed E-state index contributed by atoms with van der Waals surface area (Å²) in [6.07, 6.45) is 3.09. The van der Waals surface area contributed by atoms with Gasteiger partial charge >= 0.3 is 0 Å². The van der Waals surface area contributed by atoms with Crippen molar-refractivity contribution in [1.82, 2.24) is 9.80 Å². The molecule has 1 aliphatic carbocycles. The van der Waals surface area contributed by atoms with Crippen LogP contribution in [0.5, 0.6) is 0 Å². The summed E-state index contributed by atoms with van der Waals surface area (Å²) in [5, 5.41) is 9.30. The zero-order valence-corrected chi connectivity index (χ0v) is 11.2. The van der Waals surface area contributed by atoms with E-state index >= 15 is 0 Å². The maximum absolute atomic E-state index is 9.30. The maximum atomic E-state index is 9.30. The number of hydrogen-bond donors (Lipinski definition) is 2. The van der Waals surface area contributed by atoms with Gasteiger partial charge in [0.25, 0.3) is 0 Å². The van der Waals surface area contributed by atoms with E-state index in [2.05, 4.69) is 23.6 Å². The number of piperazine rings is 1. The van der Waals surface area contributed by atoms with Gasteiger partial charge in [0.1, 0.15) is 0 Å². The van der Waals surface area contributed by atoms with Crippen LogP contribution in [0.3, 0.4) is 0 Å². The van der Waals surface area contributed by atoms with Gasteiger partial charge in [0.05, 0.1) is 6.61 Å². The molecule has 0 bridgehead atoms. The van der Waals surface area contributed by atoms with Crippen molar-refractivity contribution in [3.05, 3.63) is 0 Å². The van der Waals surface area contributed by atoms with Crippen LogP contribution in [0.2, 0.25) is 0 Å². The highest BCUT2D eigenvalue weighted by atomic mass is 16.3. The second-order valence-electron chi connectivity index (χ2n) is 6.08. The largest absolute Gasteiger partial charge is 0.394 e. The van der Waals surface area contributed by atoms with Crippen LogP contribution in [0.4, 0.5) is 0 Å². The molecular formula is C13H27N3O. The van der Waals surface area contributed by atoms with Crippen LogP contribution in [0.15, 0.2) is 0 Å². The molecule has 4 heteroatoms. The predicted octanol–water partition coefficient (Wildman–Crippen LogP) is 0.255. The Balaban J connectivity index is 1.82. The molecule has 0 amide bonds. The van der Waals surface area contributed by atoms with Crippen molar-refractivity contribution in [2.24, 2.45) is 5.73 Å². The average Bonchev–Trinajstić information content (AvgIpc) is 2.73. The third-order valence-corrected chi connectivity index (χ3v) is 4.53. The average molecular weight is 241 g/mol. The topological polar surface area (TPSA) is 52.7 Å². The molecule has 1 saturated heterocycles. The number of hydrogen-bond acceptors (Lipinski definition) is 4. The Hall–Kier alpha value is -0.160. The molecule has 2 rings (SSSR count). The lowest BCUT2D eigenvalue weighted by molar-refractivity contribution is 0.0756. The highest BCUT2D eigenvalue weighted by molar-refractivity contribution is 4.97. The summed E-state index contributed by atoms with van der Waals surface area (Å²) in [5.41, 5.74) is 5.84. The molecule has 0 spiro atoms. The van der Waals surface area contributed by atoms with Crippen LogP contribution in [0, 0.1) is 0 Å². The minimum atomic E-state index is -0.306. The Morgan fingerprint density at radius 2 is 1.94 bits per heavy atom. The fourth-order valence-electron chi connectivity index (χ4n) is 3.20. The second-order valence-corrected chi connectivity index (χ2v) is 6.08. The molecule has 17 heavy (non-hydrogen) atoms. The Kier molecular flexibility index (Phi) is 4.08. The quantitative estimate of drug-likeness (QED) is 0.744. The van der Waals surface area contributed by atoms with E-state index in [0.717, 1.165) is 32.4 Å². The molecule has 3 N–H and O–H groups in total. The Morgan fingerprint density at radius 3 is 2.41 bits per heavy atom. The van der Waals surface area contributed by atoms with Crippen LogP contribution in [0.25, 0.3) is 0 Å². The van der Waals surface area contributed by atoms with Crippen LogP contribution in [0.1, 0.15) is 33.1 Å². The fourth-order valence-corrected chi connectivity index (χ4v) is 3.20. The van der Waals surface area contributed by atoms with E-state index in [4.69, 9.17) is 5.73 Å². The maximum Gasteiger partial charge on any atom is 0.0611 e. The van der Waals surface area contributed by atoms with E-state index in [1.807, 2.05) is 0 Å². The normalized spacial score (nSPS) is 36.9. The molecule has 2 unspecified atom stereocenters. The van der Waals surface area contributed by atoms with Crippen molar-refractivity contribution >= 4 is 0 Å². The molecule has 2 fully saturated rings. The van der Waals surface area contributed by atoms with E-state index in [9.17, 15) is 5.11 Å². The van der Waals surface area contributed by atoms with E-state index in [1.54, 1.807) is 0 Å². The molecule has 2 aliphatic rings. The first-order valence-corrected chi connectivity index (χ1v) is 6.92. The Bertz CT molecular complexity index is 251. The first-order valence-electron chi connectivity index (χ1n) is 6.92. The molecule has 0 aromatic rings. The monoisotopic (exact) mass is 241 g/mol. The van der Waals surface area contributed by atoms with E-state index in [-0.39, 0.29) is 12.1 Å². The number of rotatable bonds is 3. The second kappa shape index (κ2) is 5.22. The molecular weight excluding hydrogens is 214 g/mol. The van der Waals surface area contributed by atoms with Gasteiger partial charge in [-0.1, -0.05) is 0 Å². The minimum absolute atomic E-state index is 0.134. The number of nitrogens with two attached hydrogens (primary N) is 1. The van der Waals surface area contributed by atoms with Crippen molar-refractivity contribution in [2.75, 3.05) is 32.8 Å². The summed E-state index contributed by atoms with van der Waals surface area (Å²) in [7, 11) is 0. The van der Waals surface area contributed by atoms with Gasteiger partial charge in [-0.15, -0.1) is 0 Å². The van der Waals surface area contributed by atoms with Crippen LogP contribution in [-0.2, 0) is 0 Å². The number of nitrogens with zero attached hydrogens (tertiary/aromatic N) is 2. The lowest BCUT2D eigenvalue weighted by atomic mass is 10.00. The fraction of sp³-hybridized carbons (Fsp3) is 1.00. The summed E-state index contributed by atoms with van der Waals surface area (Å²) in [4.78, 5) is 5.11. The highest BCUT2D eigenvalue weighted by Gasteiger charge is 2.38. The Morgan fingerprint density at radius 1 is 1.29 bits per heavy atom. The zero-order valence-electron chi connectivity index (χ0n) is 11.2. The molecule has 1 heterocycles. The van der Waals surface area contributed by atoms with Crippen molar-refractivity contribution < 1.29 is 5.11 Å².